The molecule has 2 saturated heterocycles. The van der Waals surface area contributed by atoms with Crippen molar-refractivity contribution in [2.75, 3.05) is 51.3 Å². The van der Waals surface area contributed by atoms with Crippen molar-refractivity contribution in [2.45, 2.75) is 66.0 Å². The van der Waals surface area contributed by atoms with Crippen LogP contribution in [-0.2, 0) is 4.79 Å². The molecule has 13 heteroatoms. The van der Waals surface area contributed by atoms with Gasteiger partial charge in [0.25, 0.3) is 18.3 Å². The molecule has 0 aliphatic carbocycles. The lowest BCUT2D eigenvalue weighted by molar-refractivity contribution is -0.122. The normalized spacial score (nSPS) is 16.5. The number of halogens is 1. The highest BCUT2D eigenvalue weighted by molar-refractivity contribution is 5.97. The lowest BCUT2D eigenvalue weighted by Crippen LogP contribution is -2.62. The number of methoxy groups -OCH3 is 1. The number of hydrogen-bond donors (Lipinski definition) is 2. The summed E-state index contributed by atoms with van der Waals surface area (Å²) in [6, 6.07) is 4.54. The van der Waals surface area contributed by atoms with Gasteiger partial charge >= 0.3 is 6.01 Å². The average Bonchev–Trinajstić information content (AvgIpc) is 3.40. The van der Waals surface area contributed by atoms with Crippen LogP contribution in [0.4, 0.5) is 10.2 Å². The zero-order valence-electron chi connectivity index (χ0n) is 26.1. The average molecular weight is 604 g/mol. The fourth-order valence-electron chi connectivity index (χ4n) is 6.10. The summed E-state index contributed by atoms with van der Waals surface area (Å²) < 4.78 is 25.7. The molecular weight excluding hydrogens is 557 g/mol. The van der Waals surface area contributed by atoms with E-state index in [9.17, 15) is 9.18 Å². The summed E-state index contributed by atoms with van der Waals surface area (Å²) in [6.07, 6.45) is 3.17. The maximum atomic E-state index is 14.3. The van der Waals surface area contributed by atoms with Gasteiger partial charge in [-0.3, -0.25) is 14.5 Å². The number of nitrogens with two attached hydrogens (primary N) is 1. The summed E-state index contributed by atoms with van der Waals surface area (Å²) in [5.41, 5.74) is 6.09. The number of hydrogen-bond acceptors (Lipinski definition) is 10. The van der Waals surface area contributed by atoms with Crippen LogP contribution in [0.15, 0.2) is 18.2 Å². The molecule has 3 N–H and O–H groups in total. The summed E-state index contributed by atoms with van der Waals surface area (Å²) in [5.74, 6) is 0.610. The van der Waals surface area contributed by atoms with Crippen LogP contribution >= 0.6 is 0 Å². The van der Waals surface area contributed by atoms with E-state index in [4.69, 9.17) is 25.1 Å². The van der Waals surface area contributed by atoms with Gasteiger partial charge in [-0.15, -0.1) is 5.10 Å². The fourth-order valence-corrected chi connectivity index (χ4v) is 6.10. The summed E-state index contributed by atoms with van der Waals surface area (Å²) in [4.78, 5) is 32.7. The molecular formula is C30H46FN7O5. The van der Waals surface area contributed by atoms with Gasteiger partial charge in [0, 0.05) is 50.2 Å². The Kier molecular flexibility index (Phi) is 12.0. The third kappa shape index (κ3) is 8.08. The van der Waals surface area contributed by atoms with Crippen molar-refractivity contribution in [3.8, 4) is 17.6 Å². The monoisotopic (exact) mass is 603 g/mol. The van der Waals surface area contributed by atoms with Gasteiger partial charge in [0.05, 0.1) is 12.7 Å². The molecule has 1 unspecified atom stereocenters. The molecule has 1 aromatic heterocycles. The predicted octanol–water partition coefficient (Wildman–Crippen LogP) is 3.66. The first-order chi connectivity index (χ1) is 20.5. The van der Waals surface area contributed by atoms with Crippen LogP contribution in [0.25, 0.3) is 0 Å². The van der Waals surface area contributed by atoms with E-state index in [0.29, 0.717) is 24.3 Å². The smallest absolute Gasteiger partial charge is 0.337 e. The van der Waals surface area contributed by atoms with Gasteiger partial charge in [0.15, 0.2) is 5.82 Å². The summed E-state index contributed by atoms with van der Waals surface area (Å²) in [5, 5.41) is 15.2. The van der Waals surface area contributed by atoms with E-state index < -0.39 is 5.82 Å². The van der Waals surface area contributed by atoms with Crippen molar-refractivity contribution in [1.29, 1.82) is 0 Å². The molecule has 0 radical (unpaired) electrons. The molecule has 0 saturated carbocycles. The number of carbonyl (C=O) groups excluding carboxylic acids is 1. The highest BCUT2D eigenvalue weighted by atomic mass is 19.1. The number of benzene rings is 1. The molecule has 2 aliphatic rings. The Bertz CT molecular complexity index is 1230. The van der Waals surface area contributed by atoms with Crippen molar-refractivity contribution in [2.24, 2.45) is 17.1 Å². The quantitative estimate of drug-likeness (QED) is 0.343. The molecule has 2 aliphatic heterocycles. The van der Waals surface area contributed by atoms with Gasteiger partial charge in [-0.25, -0.2) is 4.39 Å². The number of anilines is 1. The van der Waals surface area contributed by atoms with Gasteiger partial charge in [0.2, 0.25) is 0 Å². The minimum absolute atomic E-state index is 0.0555. The standard InChI is InChI=1S/C29H44FN7O3.CH2O2/c1-7-37(20(4)5)27(38)22-15-21(30)10-11-24(22)40-26-25(32-28(39-6)34-33-26)35-14-12-29(16-35)17-36(18-29)23(19(2)3)9-8-13-31;2-1-3/h10-11,15,19-20,23H,7-9,12-14,16-18,31H2,1-6H3;1H,(H,2,3). The van der Waals surface area contributed by atoms with Crippen LogP contribution in [0.1, 0.15) is 64.2 Å². The second-order valence-corrected chi connectivity index (χ2v) is 11.8. The zero-order valence-corrected chi connectivity index (χ0v) is 26.1. The molecule has 1 atom stereocenters. The number of carbonyl (C=O) groups is 2. The molecule has 238 valence electrons. The first kappa shape index (κ1) is 33.9. The molecule has 3 heterocycles. The maximum absolute atomic E-state index is 14.3. The largest absolute Gasteiger partial charge is 0.483 e. The Morgan fingerprint density at radius 2 is 1.93 bits per heavy atom. The van der Waals surface area contributed by atoms with E-state index in [0.717, 1.165) is 52.0 Å². The number of aromatic nitrogens is 3. The van der Waals surface area contributed by atoms with Gasteiger partial charge in [-0.2, -0.15) is 4.98 Å². The molecule has 2 aromatic rings. The minimum Gasteiger partial charge on any atom is -0.483 e. The number of rotatable bonds is 12. The van der Waals surface area contributed by atoms with Gasteiger partial charge in [-0.1, -0.05) is 18.9 Å². The number of amides is 1. The Labute approximate surface area is 253 Å². The predicted molar refractivity (Wildman–Crippen MR) is 161 cm³/mol. The van der Waals surface area contributed by atoms with E-state index in [2.05, 4.69) is 38.8 Å². The van der Waals surface area contributed by atoms with Gasteiger partial charge < -0.3 is 30.1 Å². The van der Waals surface area contributed by atoms with Gasteiger partial charge in [-0.05, 0) is 70.7 Å². The number of carboxylic acid groups (broad SMARTS) is 1. The summed E-state index contributed by atoms with van der Waals surface area (Å²) in [7, 11) is 1.49. The molecule has 2 fully saturated rings. The number of nitrogens with zero attached hydrogens (tertiary/aromatic N) is 6. The zero-order chi connectivity index (χ0) is 31.7. The SMILES string of the molecule is CCN(C(=O)c1cc(F)ccc1Oc1nnc(OC)nc1N1CCC2(C1)CN(C(CCCN)C(C)C)C2)C(C)C.O=CO. The topological polar surface area (TPSA) is 147 Å². The Morgan fingerprint density at radius 3 is 2.51 bits per heavy atom. The summed E-state index contributed by atoms with van der Waals surface area (Å²) >= 11 is 0. The number of ether oxygens (including phenoxy) is 2. The minimum atomic E-state index is -0.517. The lowest BCUT2D eigenvalue weighted by atomic mass is 9.76. The molecule has 1 spiro atoms. The van der Waals surface area contributed by atoms with Crippen molar-refractivity contribution in [3.63, 3.8) is 0 Å². The first-order valence-electron chi connectivity index (χ1n) is 14.9. The fraction of sp³-hybridized carbons (Fsp3) is 0.633. The van der Waals surface area contributed by atoms with E-state index in [1.165, 1.54) is 25.3 Å². The van der Waals surface area contributed by atoms with Crippen molar-refractivity contribution >= 4 is 18.2 Å². The maximum Gasteiger partial charge on any atom is 0.337 e. The van der Waals surface area contributed by atoms with E-state index >= 15 is 0 Å². The highest BCUT2D eigenvalue weighted by Crippen LogP contribution is 2.45. The molecule has 1 aromatic carbocycles. The second-order valence-electron chi connectivity index (χ2n) is 11.8. The highest BCUT2D eigenvalue weighted by Gasteiger charge is 2.50. The second kappa shape index (κ2) is 15.2. The van der Waals surface area contributed by atoms with Crippen LogP contribution in [-0.4, -0.2) is 101 Å². The third-order valence-electron chi connectivity index (χ3n) is 8.16. The van der Waals surface area contributed by atoms with E-state index in [1.807, 2.05) is 20.8 Å². The first-order valence-corrected chi connectivity index (χ1v) is 14.9. The molecule has 12 nitrogen and oxygen atoms in total. The van der Waals surface area contributed by atoms with Crippen LogP contribution < -0.4 is 20.1 Å². The van der Waals surface area contributed by atoms with Crippen molar-refractivity contribution in [3.05, 3.63) is 29.6 Å². The molecule has 4 rings (SSSR count). The number of likely N-dealkylation sites (tertiary alicyclic amines) is 1. The van der Waals surface area contributed by atoms with Crippen LogP contribution in [0, 0.1) is 17.2 Å². The van der Waals surface area contributed by atoms with Gasteiger partial charge in [0.1, 0.15) is 11.6 Å². The lowest BCUT2D eigenvalue weighted by Gasteiger charge is -2.53. The third-order valence-corrected chi connectivity index (χ3v) is 8.16. The summed E-state index contributed by atoms with van der Waals surface area (Å²) in [6.45, 7) is 14.9. The molecule has 1 amide bonds. The Morgan fingerprint density at radius 1 is 1.23 bits per heavy atom. The van der Waals surface area contributed by atoms with Crippen molar-refractivity contribution in [1.82, 2.24) is 25.0 Å². The van der Waals surface area contributed by atoms with Crippen molar-refractivity contribution < 1.29 is 28.6 Å². The van der Waals surface area contributed by atoms with Crippen LogP contribution in [0.3, 0.4) is 0 Å². The molecule has 43 heavy (non-hydrogen) atoms. The van der Waals surface area contributed by atoms with Crippen LogP contribution in [0.5, 0.6) is 17.6 Å². The Balaban J connectivity index is 0.00000162. The van der Waals surface area contributed by atoms with Crippen LogP contribution in [0.2, 0.25) is 0 Å². The Hall–Kier alpha value is -3.58. The molecule has 0 bridgehead atoms. The van der Waals surface area contributed by atoms with E-state index in [-0.39, 0.29) is 47.0 Å². The van der Waals surface area contributed by atoms with E-state index in [1.54, 1.807) is 4.90 Å².